The molecule has 0 aromatic heterocycles. The third kappa shape index (κ3) is 19.4. The first-order chi connectivity index (χ1) is 60.4. The van der Waals surface area contributed by atoms with E-state index >= 15 is 0 Å². The van der Waals surface area contributed by atoms with Crippen molar-refractivity contribution in [2.45, 2.75) is 32.1 Å². The van der Waals surface area contributed by atoms with Gasteiger partial charge in [0.05, 0.1) is 15.9 Å². The Labute approximate surface area is 718 Å². The highest BCUT2D eigenvalue weighted by atomic mass is 32.2. The molecule has 0 saturated carbocycles. The second kappa shape index (κ2) is 38.4. The molecule has 0 radical (unpaired) electrons. The van der Waals surface area contributed by atoms with Gasteiger partial charge in [0, 0.05) is 10.4 Å². The average molecular weight is 1620 g/mol. The molecule has 0 N–H and O–H groups in total. The zero-order valence-corrected chi connectivity index (χ0v) is 68.4. The number of nitrogens with zero attached hydrogens (tertiary/aromatic N) is 2. The number of terminal acetylenes is 2. The number of rotatable bonds is 0. The van der Waals surface area contributed by atoms with Gasteiger partial charge in [0.25, 0.3) is 5.95 Å². The van der Waals surface area contributed by atoms with Gasteiger partial charge in [-0.15, -0.1) is 12.8 Å². The highest BCUT2D eigenvalue weighted by molar-refractivity contribution is 8.34. The smallest absolute Gasteiger partial charge is 0.296 e. The Morgan fingerprint density at radius 2 is 0.618 bits per heavy atom. The number of fused-ring (bicyclic) bond motifs is 16. The van der Waals surface area contributed by atoms with Gasteiger partial charge in [-0.2, -0.15) is 10.5 Å². The molecule has 0 unspecified atom stereocenters. The minimum absolute atomic E-state index is 0.0787. The molecular formula is C113H76N2O6S2. The van der Waals surface area contributed by atoms with E-state index in [0.717, 1.165) is 41.3 Å². The highest BCUT2D eigenvalue weighted by Gasteiger charge is 2.20. The van der Waals surface area contributed by atoms with E-state index in [-0.39, 0.29) is 29.6 Å². The molecule has 10 heteroatoms. The Morgan fingerprint density at radius 1 is 0.309 bits per heavy atom. The molecule has 7 aliphatic carbocycles. The number of carbonyl (C=O) groups is 4. The summed E-state index contributed by atoms with van der Waals surface area (Å²) in [6.45, 7) is 0. The normalized spacial score (nSPS) is 13.6. The molecule has 0 bridgehead atoms. The van der Waals surface area contributed by atoms with E-state index in [1.54, 1.807) is 47.8 Å². The Bertz CT molecular complexity index is 7200. The van der Waals surface area contributed by atoms with E-state index in [4.69, 9.17) is 32.8 Å². The van der Waals surface area contributed by atoms with Crippen LogP contribution in [0.2, 0.25) is 0 Å². The van der Waals surface area contributed by atoms with Crippen LogP contribution in [-0.2, 0) is 28.7 Å². The van der Waals surface area contributed by atoms with Crippen molar-refractivity contribution in [2.24, 2.45) is 0 Å². The quantitative estimate of drug-likeness (QED) is 0.0625. The van der Waals surface area contributed by atoms with E-state index in [9.17, 15) is 19.2 Å². The Kier molecular flexibility index (Phi) is 25.3. The predicted molar refractivity (Wildman–Crippen MR) is 512 cm³/mol. The largest absolute Gasteiger partial charge is 0.430 e. The van der Waals surface area contributed by atoms with Gasteiger partial charge in [0.2, 0.25) is 0 Å². The van der Waals surface area contributed by atoms with Crippen LogP contribution in [-0.4, -0.2) is 23.1 Å². The first-order valence-corrected chi connectivity index (χ1v) is 42.0. The van der Waals surface area contributed by atoms with Crippen molar-refractivity contribution in [1.82, 2.24) is 0 Å². The molecule has 123 heavy (non-hydrogen) atoms. The van der Waals surface area contributed by atoms with Crippen LogP contribution in [0.5, 0.6) is 0 Å². The van der Waals surface area contributed by atoms with Gasteiger partial charge in [-0.3, -0.25) is 19.2 Å². The van der Waals surface area contributed by atoms with Crippen molar-refractivity contribution in [3.63, 3.8) is 0 Å². The highest BCUT2D eigenvalue weighted by Crippen LogP contribution is 2.46. The zero-order valence-electron chi connectivity index (χ0n) is 66.8. The molecule has 15 aromatic rings. The number of ketones is 4. The molecule has 0 fully saturated rings. The van der Waals surface area contributed by atoms with E-state index in [1.165, 1.54) is 193 Å². The number of allylic oxidation sites excluding steroid dienone is 6. The number of ether oxygens (including phenoxy) is 2. The Morgan fingerprint density at radius 3 is 0.943 bits per heavy atom. The first-order valence-electron chi connectivity index (χ1n) is 40.2. The monoisotopic (exact) mass is 1620 g/mol. The van der Waals surface area contributed by atoms with Crippen LogP contribution in [0.25, 0.3) is 168 Å². The fraction of sp³-hybridized carbons (Fsp3) is 0.0442. The lowest BCUT2D eigenvalue weighted by molar-refractivity contribution is -0.120. The molecule has 0 spiro atoms. The summed E-state index contributed by atoms with van der Waals surface area (Å²) in [6, 6.07) is 102. The lowest BCUT2D eigenvalue weighted by Gasteiger charge is -2.22. The minimum Gasteiger partial charge on any atom is -0.430 e. The van der Waals surface area contributed by atoms with Gasteiger partial charge < -0.3 is 9.47 Å². The molecule has 0 saturated heterocycles. The molecule has 8 nitrogen and oxygen atoms in total. The summed E-state index contributed by atoms with van der Waals surface area (Å²) >= 11 is 3.42. The first kappa shape index (κ1) is 81.1. The summed E-state index contributed by atoms with van der Waals surface area (Å²) in [5, 5.41) is 55.0. The van der Waals surface area contributed by atoms with Crippen molar-refractivity contribution >= 4 is 192 Å². The number of hydrogen-bond donors (Lipinski definition) is 0. The van der Waals surface area contributed by atoms with Crippen molar-refractivity contribution in [2.75, 3.05) is 0 Å². The van der Waals surface area contributed by atoms with Gasteiger partial charge in [-0.1, -0.05) is 278 Å². The number of nitriles is 2. The minimum atomic E-state index is -0.121. The number of hydrogen-bond acceptors (Lipinski definition) is 10. The average Bonchev–Trinajstić information content (AvgIpc) is 1.58. The van der Waals surface area contributed by atoms with Crippen LogP contribution in [0.15, 0.2) is 339 Å². The summed E-state index contributed by atoms with van der Waals surface area (Å²) in [5.41, 5.74) is 6.27. The topological polar surface area (TPSA) is 134 Å². The summed E-state index contributed by atoms with van der Waals surface area (Å²) in [7, 11) is 0. The molecule has 9 aliphatic rings. The maximum atomic E-state index is 10.3. The van der Waals surface area contributed by atoms with Crippen molar-refractivity contribution in [3.8, 4) is 59.1 Å². The molecule has 24 rings (SSSR count). The molecule has 15 aromatic carbocycles. The zero-order chi connectivity index (χ0) is 84.4. The second-order valence-electron chi connectivity index (χ2n) is 29.5. The molecule has 0 atom stereocenters. The van der Waals surface area contributed by atoms with Gasteiger partial charge in [-0.05, 0) is 303 Å². The van der Waals surface area contributed by atoms with Crippen LogP contribution < -0.4 is 62.6 Å². The summed E-state index contributed by atoms with van der Waals surface area (Å²) < 4.78 is 11.4. The lowest BCUT2D eigenvalue weighted by Crippen LogP contribution is -2.21. The van der Waals surface area contributed by atoms with Gasteiger partial charge in [0.1, 0.15) is 35.8 Å². The molecule has 0 amide bonds. The van der Waals surface area contributed by atoms with Crippen LogP contribution in [0.1, 0.15) is 32.1 Å². The standard InChI is InChI=1S/3C17H12.C13H7NO2.C13H7NS2.C13H10.C12H8.C6H4O2.C5H4O2/c3*1-2-5-13-9-17-11-15-7-3-6-14(15)10-16(17)8-12(13)4-1;2*1-2-10(9-14)11-3-5-12(6-4-11)13-15-7-8-16-13;1-2-6-12-10(4-1)8-9-11-5-3-7-13(11)12;1-2-6-10-9(5-1)11-7-3-4-8-12(10)11;7-5-1-2-6(8)4-3-5;6-4-1-2-5(7)3-4/h3*1-2,4-11H,3H2;2*1,3-8H;1-2,4-9H,3H2;1-8H;1-4H;1-2H,3H2. The van der Waals surface area contributed by atoms with Gasteiger partial charge in [0.15, 0.2) is 23.1 Å². The number of thioether (sulfide) groups is 2. The summed E-state index contributed by atoms with van der Waals surface area (Å²) in [4.78, 5) is 40.9. The molecule has 586 valence electrons. The number of carbonyl (C=O) groups excluding carboxylic acids is 4. The van der Waals surface area contributed by atoms with Crippen molar-refractivity contribution < 1.29 is 28.7 Å². The van der Waals surface area contributed by atoms with Crippen LogP contribution in [0, 0.1) is 47.3 Å². The Hall–Kier alpha value is -15.7. The maximum absolute atomic E-state index is 10.3. The van der Waals surface area contributed by atoms with E-state index < -0.39 is 0 Å². The van der Waals surface area contributed by atoms with Crippen LogP contribution >= 0.6 is 23.5 Å². The number of benzene rings is 15. The van der Waals surface area contributed by atoms with E-state index in [2.05, 4.69) is 302 Å². The molecule has 2 aliphatic heterocycles. The Balaban J connectivity index is 0.000000104. The van der Waals surface area contributed by atoms with Crippen molar-refractivity contribution in [3.05, 3.63) is 401 Å². The lowest BCUT2D eigenvalue weighted by atomic mass is 9.81. The molecule has 2 heterocycles. The summed E-state index contributed by atoms with van der Waals surface area (Å²) in [6.07, 6.45) is 43.7. The van der Waals surface area contributed by atoms with E-state index in [0.29, 0.717) is 22.3 Å². The van der Waals surface area contributed by atoms with Gasteiger partial charge >= 0.3 is 0 Å². The van der Waals surface area contributed by atoms with Crippen LogP contribution in [0.3, 0.4) is 0 Å². The third-order valence-corrected chi connectivity index (χ3v) is 23.8. The second-order valence-corrected chi connectivity index (χ2v) is 31.6. The molecular weight excluding hydrogens is 1550 g/mol. The summed E-state index contributed by atoms with van der Waals surface area (Å²) in [5.74, 6) is 4.74. The SMILES string of the molecule is C#CC(C#N)=c1ccc(=C2OC=CO2)cc1.C#CC(C#N)=c1ccc(=C2SC=CS2)cc1.C1=c2cc3cc4ccccc4cc3cc2=CC1.C1=c2cc3cc4ccccc4cc3cc2=CC1.C1=c2cc3cc4ccccc4cc3cc2=CC1.C1=c2ccc3ccccc3c2=CC1.O=C1C=CC(=O)C1.O=C1C=CC(=O)C=C1.c1ccc2c(c1)-c1ccccc1-2. The maximum Gasteiger partial charge on any atom is 0.296 e. The predicted octanol–water partition coefficient (Wildman–Crippen LogP) is 16.9. The van der Waals surface area contributed by atoms with Gasteiger partial charge in [-0.25, -0.2) is 0 Å². The van der Waals surface area contributed by atoms with Crippen LogP contribution in [0.4, 0.5) is 0 Å². The van der Waals surface area contributed by atoms with E-state index in [1.807, 2.05) is 36.4 Å². The fourth-order valence-corrected chi connectivity index (χ4v) is 17.2. The third-order valence-electron chi connectivity index (χ3n) is 21.6. The fourth-order valence-electron chi connectivity index (χ4n) is 15.5. The van der Waals surface area contributed by atoms with Crippen molar-refractivity contribution in [1.29, 1.82) is 10.5 Å².